The topological polar surface area (TPSA) is 82.4 Å². The quantitative estimate of drug-likeness (QED) is 0.612. The van der Waals surface area contributed by atoms with Crippen LogP contribution < -0.4 is 9.64 Å². The summed E-state index contributed by atoms with van der Waals surface area (Å²) in [4.78, 5) is 25.0. The van der Waals surface area contributed by atoms with Crippen molar-refractivity contribution in [2.45, 2.75) is 44.6 Å². The zero-order valence-electron chi connectivity index (χ0n) is 17.5. The predicted octanol–water partition coefficient (Wildman–Crippen LogP) is 3.63. The number of aryl methyl sites for hydroxylation is 1. The fourth-order valence-electron chi connectivity index (χ4n) is 4.23. The largest absolute Gasteiger partial charge is 0.462 e. The molecule has 9 heteroatoms. The van der Waals surface area contributed by atoms with Gasteiger partial charge in [-0.25, -0.2) is 4.39 Å². The van der Waals surface area contributed by atoms with Crippen molar-refractivity contribution in [3.8, 4) is 12.1 Å². The predicted molar refractivity (Wildman–Crippen MR) is 119 cm³/mol. The Hall–Kier alpha value is -2.31. The average molecular weight is 490 g/mol. The number of ether oxygens (including phenoxy) is 1. The number of rotatable bonds is 6. The smallest absolute Gasteiger partial charge is 0.319 e. The van der Waals surface area contributed by atoms with Crippen LogP contribution in [0.2, 0.25) is 0 Å². The molecule has 31 heavy (non-hydrogen) atoms. The number of aromatic nitrogens is 2. The zero-order chi connectivity index (χ0) is 22.0. The summed E-state index contributed by atoms with van der Waals surface area (Å²) < 4.78 is 21.6. The molecular formula is C22H25BrFN5O2. The van der Waals surface area contributed by atoms with Gasteiger partial charge >= 0.3 is 6.01 Å². The number of anilines is 1. The van der Waals surface area contributed by atoms with Gasteiger partial charge in [-0.3, -0.25) is 4.79 Å². The van der Waals surface area contributed by atoms with Crippen molar-refractivity contribution >= 4 is 38.4 Å². The van der Waals surface area contributed by atoms with Gasteiger partial charge in [0.15, 0.2) is 5.82 Å². The fraction of sp³-hybridized carbons (Fsp3) is 0.545. The standard InChI is InChI=1S/C22H25BrFN5O2/c1-28-9-3-5-15(28)13-31-22-26-20-17(12-14(4-2-8-25)18(23)19(20)24)21(27-22)29-10-6-16(30)7-11-29/h12,15H,2-7,9-11,13H2,1H3. The number of carbonyl (C=O) groups excluding carboxylic acids is 1. The van der Waals surface area contributed by atoms with Crippen LogP contribution >= 0.6 is 15.9 Å². The molecule has 1 unspecified atom stereocenters. The van der Waals surface area contributed by atoms with Crippen molar-refractivity contribution in [1.29, 1.82) is 5.26 Å². The average Bonchev–Trinajstić information content (AvgIpc) is 3.19. The Morgan fingerprint density at radius 2 is 2.10 bits per heavy atom. The first kappa shape index (κ1) is 21.9. The molecule has 0 spiro atoms. The number of hydrogen-bond acceptors (Lipinski definition) is 7. The number of ketones is 1. The van der Waals surface area contributed by atoms with E-state index in [9.17, 15) is 4.79 Å². The van der Waals surface area contributed by atoms with Crippen LogP contribution in [0.5, 0.6) is 6.01 Å². The highest BCUT2D eigenvalue weighted by molar-refractivity contribution is 9.10. The van der Waals surface area contributed by atoms with Crippen molar-refractivity contribution in [1.82, 2.24) is 14.9 Å². The number of carbonyl (C=O) groups is 1. The van der Waals surface area contributed by atoms with Crippen LogP contribution in [-0.4, -0.2) is 60.0 Å². The normalized spacial score (nSPS) is 19.7. The number of nitriles is 1. The van der Waals surface area contributed by atoms with E-state index in [-0.39, 0.29) is 23.7 Å². The summed E-state index contributed by atoms with van der Waals surface area (Å²) in [6.45, 7) is 2.54. The van der Waals surface area contributed by atoms with E-state index >= 15 is 4.39 Å². The van der Waals surface area contributed by atoms with Crippen LogP contribution in [0.4, 0.5) is 10.2 Å². The molecule has 2 aromatic rings. The summed E-state index contributed by atoms with van der Waals surface area (Å²) in [5, 5.41) is 9.52. The first-order valence-electron chi connectivity index (χ1n) is 10.6. The van der Waals surface area contributed by atoms with E-state index in [1.54, 1.807) is 0 Å². The Morgan fingerprint density at radius 3 is 2.77 bits per heavy atom. The van der Waals surface area contributed by atoms with Gasteiger partial charge in [0.25, 0.3) is 0 Å². The number of likely N-dealkylation sites (N-methyl/N-ethyl adjacent to an activating group) is 1. The highest BCUT2D eigenvalue weighted by atomic mass is 79.9. The highest BCUT2D eigenvalue weighted by Gasteiger charge is 2.26. The molecular weight excluding hydrogens is 465 g/mol. The first-order chi connectivity index (χ1) is 15.0. The summed E-state index contributed by atoms with van der Waals surface area (Å²) in [6, 6.07) is 4.39. The molecule has 1 atom stereocenters. The third kappa shape index (κ3) is 4.65. The molecule has 2 aliphatic rings. The van der Waals surface area contributed by atoms with Crippen molar-refractivity contribution in [2.24, 2.45) is 0 Å². The minimum atomic E-state index is -0.481. The monoisotopic (exact) mass is 489 g/mol. The zero-order valence-corrected chi connectivity index (χ0v) is 19.1. The summed E-state index contributed by atoms with van der Waals surface area (Å²) in [5.74, 6) is 0.320. The second-order valence-electron chi connectivity index (χ2n) is 8.16. The van der Waals surface area contributed by atoms with Gasteiger partial charge in [0.2, 0.25) is 0 Å². The van der Waals surface area contributed by atoms with Gasteiger partial charge in [-0.15, -0.1) is 0 Å². The van der Waals surface area contributed by atoms with Gasteiger partial charge in [-0.1, -0.05) is 0 Å². The molecule has 0 radical (unpaired) electrons. The van der Waals surface area contributed by atoms with Gasteiger partial charge < -0.3 is 14.5 Å². The molecule has 0 amide bonds. The molecule has 0 bridgehead atoms. The van der Waals surface area contributed by atoms with E-state index in [2.05, 4.69) is 43.9 Å². The van der Waals surface area contributed by atoms with Crippen LogP contribution in [0.3, 0.4) is 0 Å². The van der Waals surface area contributed by atoms with Gasteiger partial charge in [0.05, 0.1) is 10.5 Å². The van der Waals surface area contributed by atoms with Gasteiger partial charge in [0, 0.05) is 43.8 Å². The minimum absolute atomic E-state index is 0.148. The van der Waals surface area contributed by atoms with E-state index in [0.29, 0.717) is 66.2 Å². The van der Waals surface area contributed by atoms with Crippen LogP contribution in [0.15, 0.2) is 10.5 Å². The second kappa shape index (κ2) is 9.45. The number of fused-ring (bicyclic) bond motifs is 1. The molecule has 4 rings (SSSR count). The van der Waals surface area contributed by atoms with E-state index in [1.165, 1.54) is 0 Å². The molecule has 7 nitrogen and oxygen atoms in total. The Labute approximate surface area is 189 Å². The maximum Gasteiger partial charge on any atom is 0.319 e. The van der Waals surface area contributed by atoms with Crippen LogP contribution in [0.25, 0.3) is 10.9 Å². The molecule has 0 N–H and O–H groups in total. The number of benzene rings is 1. The lowest BCUT2D eigenvalue weighted by Gasteiger charge is -2.28. The Balaban J connectivity index is 1.74. The van der Waals surface area contributed by atoms with E-state index in [4.69, 9.17) is 10.00 Å². The molecule has 0 saturated carbocycles. The maximum absolute atomic E-state index is 15.3. The number of halogens is 2. The summed E-state index contributed by atoms with van der Waals surface area (Å²) >= 11 is 3.33. The fourth-order valence-corrected chi connectivity index (χ4v) is 4.73. The van der Waals surface area contributed by atoms with Crippen LogP contribution in [0.1, 0.15) is 37.7 Å². The minimum Gasteiger partial charge on any atom is -0.462 e. The Morgan fingerprint density at radius 1 is 1.32 bits per heavy atom. The van der Waals surface area contributed by atoms with Gasteiger partial charge in [-0.2, -0.15) is 15.2 Å². The molecule has 2 saturated heterocycles. The molecule has 2 fully saturated rings. The van der Waals surface area contributed by atoms with E-state index in [0.717, 1.165) is 19.4 Å². The Bertz CT molecular complexity index is 1030. The Kier molecular flexibility index (Phi) is 6.68. The van der Waals surface area contributed by atoms with Gasteiger partial charge in [0.1, 0.15) is 23.7 Å². The van der Waals surface area contributed by atoms with Crippen molar-refractivity contribution in [2.75, 3.05) is 38.2 Å². The van der Waals surface area contributed by atoms with Crippen LogP contribution in [0, 0.1) is 17.1 Å². The van der Waals surface area contributed by atoms with E-state index < -0.39 is 5.82 Å². The lowest BCUT2D eigenvalue weighted by Crippen LogP contribution is -2.35. The van der Waals surface area contributed by atoms with Crippen LogP contribution in [-0.2, 0) is 11.2 Å². The van der Waals surface area contributed by atoms with Gasteiger partial charge in [-0.05, 0) is 60.4 Å². The SMILES string of the molecule is CN1CCCC1COc1nc(N2CCC(=O)CC2)c2cc(CCC#N)c(Br)c(F)c2n1. The third-order valence-corrected chi connectivity index (χ3v) is 6.97. The number of nitrogens with zero attached hydrogens (tertiary/aromatic N) is 5. The number of piperidine rings is 1. The molecule has 3 heterocycles. The highest BCUT2D eigenvalue weighted by Crippen LogP contribution is 2.35. The summed E-state index contributed by atoms with van der Waals surface area (Å²) in [5.41, 5.74) is 0.884. The number of likely N-dealkylation sites (tertiary alicyclic amines) is 1. The lowest BCUT2D eigenvalue weighted by atomic mass is 10.0. The molecule has 1 aromatic carbocycles. The summed E-state index contributed by atoms with van der Waals surface area (Å²) in [7, 11) is 2.07. The molecule has 1 aromatic heterocycles. The molecule has 2 aliphatic heterocycles. The van der Waals surface area contributed by atoms with Crippen molar-refractivity contribution in [3.63, 3.8) is 0 Å². The number of hydrogen-bond donors (Lipinski definition) is 0. The number of Topliss-reactive ketones (excluding diaryl/α,β-unsaturated/α-hetero) is 1. The second-order valence-corrected chi connectivity index (χ2v) is 8.95. The van der Waals surface area contributed by atoms with Crippen molar-refractivity contribution < 1.29 is 13.9 Å². The van der Waals surface area contributed by atoms with Crippen molar-refractivity contribution in [3.05, 3.63) is 21.9 Å². The maximum atomic E-state index is 15.3. The first-order valence-corrected chi connectivity index (χ1v) is 11.4. The molecule has 0 aliphatic carbocycles. The third-order valence-electron chi connectivity index (χ3n) is 6.11. The lowest BCUT2D eigenvalue weighted by molar-refractivity contribution is -0.119. The van der Waals surface area contributed by atoms with E-state index in [1.807, 2.05) is 11.0 Å². The summed E-state index contributed by atoms with van der Waals surface area (Å²) in [6.07, 6.45) is 3.77. The molecule has 164 valence electrons.